The molecular weight excluding hydrogens is 516 g/mol. The molecule has 0 aliphatic carbocycles. The second-order valence-corrected chi connectivity index (χ2v) is 9.77. The van der Waals surface area contributed by atoms with E-state index in [0.717, 1.165) is 27.9 Å². The van der Waals surface area contributed by atoms with E-state index in [4.69, 9.17) is 14.2 Å². The van der Waals surface area contributed by atoms with Crippen LogP contribution in [-0.2, 0) is 17.8 Å². The maximum absolute atomic E-state index is 13.5. The summed E-state index contributed by atoms with van der Waals surface area (Å²) in [5, 5.41) is 2.95. The average molecular weight is 549 g/mol. The topological polar surface area (TPSA) is 77.1 Å². The zero-order chi connectivity index (χ0) is 28.8. The number of amides is 2. The highest BCUT2D eigenvalue weighted by Gasteiger charge is 2.30. The maximum atomic E-state index is 13.5. The first-order valence-electron chi connectivity index (χ1n) is 13.4. The monoisotopic (exact) mass is 548 g/mol. The van der Waals surface area contributed by atoms with Gasteiger partial charge in [-0.25, -0.2) is 0 Å². The zero-order valence-electron chi connectivity index (χ0n) is 23.3. The first-order valence-corrected chi connectivity index (χ1v) is 13.4. The Morgan fingerprint density at radius 1 is 0.878 bits per heavy atom. The van der Waals surface area contributed by atoms with E-state index in [0.29, 0.717) is 42.3 Å². The van der Waals surface area contributed by atoms with Crippen LogP contribution in [0.25, 0.3) is 6.08 Å². The van der Waals surface area contributed by atoms with Crippen molar-refractivity contribution in [3.63, 3.8) is 0 Å². The maximum Gasteiger partial charge on any atom is 0.294 e. The molecule has 4 aromatic carbocycles. The third kappa shape index (κ3) is 6.41. The number of fused-ring (bicyclic) bond motifs is 1. The normalized spacial score (nSPS) is 13.4. The molecule has 41 heavy (non-hydrogen) atoms. The van der Waals surface area contributed by atoms with Crippen LogP contribution < -0.4 is 24.4 Å². The van der Waals surface area contributed by atoms with Gasteiger partial charge < -0.3 is 19.5 Å². The molecular formula is C34H32N2O5. The zero-order valence-corrected chi connectivity index (χ0v) is 23.3. The Morgan fingerprint density at radius 2 is 1.59 bits per heavy atom. The van der Waals surface area contributed by atoms with Gasteiger partial charge in [0.25, 0.3) is 11.8 Å². The van der Waals surface area contributed by atoms with Crippen molar-refractivity contribution in [1.29, 1.82) is 0 Å². The lowest BCUT2D eigenvalue weighted by atomic mass is 10.1. The number of nitrogens with zero attached hydrogens (tertiary/aromatic N) is 1. The summed E-state index contributed by atoms with van der Waals surface area (Å²) in [6.45, 7) is 2.94. The fourth-order valence-corrected chi connectivity index (χ4v) is 4.64. The predicted molar refractivity (Wildman–Crippen MR) is 159 cm³/mol. The number of methoxy groups -OCH3 is 2. The minimum atomic E-state index is -0.221. The summed E-state index contributed by atoms with van der Waals surface area (Å²) in [6, 6.07) is 28.4. The van der Waals surface area contributed by atoms with E-state index in [1.807, 2.05) is 73.7 Å². The number of anilines is 1. The minimum Gasteiger partial charge on any atom is -0.493 e. The smallest absolute Gasteiger partial charge is 0.294 e. The molecule has 208 valence electrons. The van der Waals surface area contributed by atoms with Crippen molar-refractivity contribution in [2.75, 3.05) is 25.7 Å². The van der Waals surface area contributed by atoms with Gasteiger partial charge in [0.15, 0.2) is 23.0 Å². The van der Waals surface area contributed by atoms with Crippen LogP contribution in [0.2, 0.25) is 0 Å². The summed E-state index contributed by atoms with van der Waals surface area (Å²) in [5.74, 6) is 1.77. The van der Waals surface area contributed by atoms with Crippen LogP contribution in [-0.4, -0.2) is 32.6 Å². The average Bonchev–Trinajstić information content (AvgIpc) is 3.00. The first kappa shape index (κ1) is 27.5. The summed E-state index contributed by atoms with van der Waals surface area (Å²) in [5.41, 5.74) is 5.24. The molecule has 1 N–H and O–H groups in total. The third-order valence-corrected chi connectivity index (χ3v) is 6.91. The second-order valence-electron chi connectivity index (χ2n) is 9.77. The van der Waals surface area contributed by atoms with Crippen LogP contribution in [0.15, 0.2) is 96.8 Å². The summed E-state index contributed by atoms with van der Waals surface area (Å²) in [4.78, 5) is 28.0. The Kier molecular flexibility index (Phi) is 8.34. The highest BCUT2D eigenvalue weighted by molar-refractivity contribution is 6.09. The van der Waals surface area contributed by atoms with Crippen LogP contribution in [0.4, 0.5) is 5.69 Å². The second kappa shape index (κ2) is 12.4. The molecule has 7 nitrogen and oxygen atoms in total. The van der Waals surface area contributed by atoms with E-state index in [1.54, 1.807) is 49.5 Å². The van der Waals surface area contributed by atoms with Crippen LogP contribution >= 0.6 is 0 Å². The number of para-hydroxylation sites is 2. The van der Waals surface area contributed by atoms with E-state index in [9.17, 15) is 9.59 Å². The van der Waals surface area contributed by atoms with Crippen molar-refractivity contribution < 1.29 is 23.8 Å². The van der Waals surface area contributed by atoms with Crippen LogP contribution in [0, 0.1) is 6.92 Å². The van der Waals surface area contributed by atoms with Gasteiger partial charge in [-0.1, -0.05) is 60.2 Å². The number of hydrogen-bond donors (Lipinski definition) is 1. The van der Waals surface area contributed by atoms with E-state index in [2.05, 4.69) is 5.32 Å². The van der Waals surface area contributed by atoms with Gasteiger partial charge in [-0.3, -0.25) is 14.5 Å². The molecule has 0 unspecified atom stereocenters. The Hall–Kier alpha value is -5.04. The SMILES string of the molecule is COc1ccc(CCNC(=O)c2ccc(/C=C3/Oc4ccccc4N(Cc4ccc(C)cc4)C3=O)cc2)cc1OC. The van der Waals surface area contributed by atoms with Crippen LogP contribution in [0.3, 0.4) is 0 Å². The standard InChI is InChI=1S/C34H32N2O5/c1-23-8-10-26(11-9-23)22-36-28-6-4-5-7-29(28)41-32(34(36)38)21-24-12-15-27(16-13-24)33(37)35-19-18-25-14-17-30(39-2)31(20-25)40-3/h4-17,20-21H,18-19,22H2,1-3H3,(H,35,37)/b32-21+. The van der Waals surface area contributed by atoms with E-state index >= 15 is 0 Å². The molecule has 0 aromatic heterocycles. The molecule has 5 rings (SSSR count). The summed E-state index contributed by atoms with van der Waals surface area (Å²) in [6.07, 6.45) is 2.36. The minimum absolute atomic E-state index is 0.173. The molecule has 7 heteroatoms. The number of nitrogens with one attached hydrogen (secondary N) is 1. The summed E-state index contributed by atoms with van der Waals surface area (Å²) in [7, 11) is 3.19. The summed E-state index contributed by atoms with van der Waals surface area (Å²) < 4.78 is 16.6. The number of carbonyl (C=O) groups excluding carboxylic acids is 2. The molecule has 4 aromatic rings. The molecule has 1 aliphatic heterocycles. The van der Waals surface area contributed by atoms with Gasteiger partial charge >= 0.3 is 0 Å². The fourth-order valence-electron chi connectivity index (χ4n) is 4.64. The van der Waals surface area contributed by atoms with Crippen molar-refractivity contribution in [2.45, 2.75) is 19.9 Å². The lowest BCUT2D eigenvalue weighted by Gasteiger charge is -2.30. The predicted octanol–water partition coefficient (Wildman–Crippen LogP) is 5.95. The molecule has 2 amide bonds. The molecule has 0 spiro atoms. The van der Waals surface area contributed by atoms with E-state index in [1.165, 1.54) is 0 Å². The number of benzene rings is 4. The van der Waals surface area contributed by atoms with Crippen molar-refractivity contribution in [3.05, 3.63) is 125 Å². The molecule has 0 fully saturated rings. The molecule has 0 saturated carbocycles. The highest BCUT2D eigenvalue weighted by Crippen LogP contribution is 2.36. The van der Waals surface area contributed by atoms with Crippen molar-refractivity contribution in [2.24, 2.45) is 0 Å². The number of carbonyl (C=O) groups is 2. The molecule has 1 heterocycles. The lowest BCUT2D eigenvalue weighted by molar-refractivity contribution is -0.117. The number of rotatable bonds is 9. The van der Waals surface area contributed by atoms with Crippen molar-refractivity contribution in [3.8, 4) is 17.2 Å². The number of aryl methyl sites for hydroxylation is 1. The Labute approximate surface area is 240 Å². The Morgan fingerprint density at radius 3 is 2.32 bits per heavy atom. The molecule has 0 radical (unpaired) electrons. The lowest BCUT2D eigenvalue weighted by Crippen LogP contribution is -2.36. The Bertz CT molecular complexity index is 1580. The van der Waals surface area contributed by atoms with Crippen molar-refractivity contribution >= 4 is 23.6 Å². The van der Waals surface area contributed by atoms with E-state index in [-0.39, 0.29) is 17.6 Å². The van der Waals surface area contributed by atoms with Gasteiger partial charge in [0, 0.05) is 12.1 Å². The van der Waals surface area contributed by atoms with Crippen LogP contribution in [0.1, 0.15) is 32.6 Å². The quantitative estimate of drug-likeness (QED) is 0.262. The van der Waals surface area contributed by atoms with Gasteiger partial charge in [-0.15, -0.1) is 0 Å². The number of hydrogen-bond acceptors (Lipinski definition) is 5. The molecule has 0 bridgehead atoms. The van der Waals surface area contributed by atoms with Gasteiger partial charge in [-0.2, -0.15) is 0 Å². The van der Waals surface area contributed by atoms with Gasteiger partial charge in [0.05, 0.1) is 26.5 Å². The van der Waals surface area contributed by atoms with E-state index < -0.39 is 0 Å². The van der Waals surface area contributed by atoms with Gasteiger partial charge in [-0.05, 0) is 72.5 Å². The van der Waals surface area contributed by atoms with Gasteiger partial charge in [0.1, 0.15) is 0 Å². The van der Waals surface area contributed by atoms with Crippen LogP contribution in [0.5, 0.6) is 17.2 Å². The fraction of sp³-hybridized carbons (Fsp3) is 0.176. The van der Waals surface area contributed by atoms with Gasteiger partial charge in [0.2, 0.25) is 0 Å². The summed E-state index contributed by atoms with van der Waals surface area (Å²) >= 11 is 0. The highest BCUT2D eigenvalue weighted by atomic mass is 16.5. The molecule has 0 saturated heterocycles. The van der Waals surface area contributed by atoms with Crippen molar-refractivity contribution in [1.82, 2.24) is 5.32 Å². The largest absolute Gasteiger partial charge is 0.493 e. The molecule has 0 atom stereocenters. The Balaban J connectivity index is 1.25. The molecule has 1 aliphatic rings. The third-order valence-electron chi connectivity index (χ3n) is 6.91. The first-order chi connectivity index (χ1) is 19.9. The number of ether oxygens (including phenoxy) is 3.